The maximum atomic E-state index is 12.8. The third-order valence-corrected chi connectivity index (χ3v) is 4.59. The summed E-state index contributed by atoms with van der Waals surface area (Å²) in [5.74, 6) is 0. The highest BCUT2D eigenvalue weighted by Gasteiger charge is 2.15. The van der Waals surface area contributed by atoms with Crippen molar-refractivity contribution in [2.24, 2.45) is 0 Å². The van der Waals surface area contributed by atoms with Crippen LogP contribution in [0.5, 0.6) is 0 Å². The van der Waals surface area contributed by atoms with E-state index in [9.17, 15) is 4.79 Å². The number of hydrogen-bond acceptors (Lipinski definition) is 2. The van der Waals surface area contributed by atoms with Gasteiger partial charge in [0.2, 0.25) is 0 Å². The molecule has 4 heteroatoms. The van der Waals surface area contributed by atoms with Crippen molar-refractivity contribution in [1.29, 1.82) is 0 Å². The number of nitrogens with zero attached hydrogens (tertiary/aromatic N) is 1. The number of benzene rings is 1. The minimum Gasteiger partial charge on any atom is -0.358 e. The fraction of sp³-hybridized carbons (Fsp3) is 0.471. The van der Waals surface area contributed by atoms with Crippen LogP contribution in [0.15, 0.2) is 23.0 Å². The Kier molecular flexibility index (Phi) is 4.32. The van der Waals surface area contributed by atoms with Crippen molar-refractivity contribution in [2.45, 2.75) is 39.2 Å². The van der Waals surface area contributed by atoms with E-state index in [0.717, 1.165) is 36.4 Å². The van der Waals surface area contributed by atoms with Crippen molar-refractivity contribution in [3.63, 3.8) is 0 Å². The van der Waals surface area contributed by atoms with Crippen LogP contribution in [-0.2, 0) is 6.54 Å². The highest BCUT2D eigenvalue weighted by Crippen LogP contribution is 2.18. The van der Waals surface area contributed by atoms with E-state index in [0.29, 0.717) is 10.4 Å². The van der Waals surface area contributed by atoms with E-state index in [2.05, 4.69) is 9.88 Å². The Balaban J connectivity index is 1.99. The van der Waals surface area contributed by atoms with Crippen molar-refractivity contribution in [1.82, 2.24) is 9.88 Å². The first-order valence-electron chi connectivity index (χ1n) is 7.68. The quantitative estimate of drug-likeness (QED) is 0.914. The molecule has 3 rings (SSSR count). The maximum absolute atomic E-state index is 12.8. The minimum atomic E-state index is 0.119. The summed E-state index contributed by atoms with van der Waals surface area (Å²) in [6.07, 6.45) is 5.07. The molecule has 2 aromatic rings. The van der Waals surface area contributed by atoms with Crippen LogP contribution in [0, 0.1) is 6.92 Å². The van der Waals surface area contributed by atoms with Crippen molar-refractivity contribution < 1.29 is 0 Å². The molecule has 0 atom stereocenters. The standard InChI is InChI=1S/C17H21ClN2O/c1-12-15(11-20-8-4-2-3-5-9-20)17(21)14-10-13(18)6-7-16(14)19-12/h6-7,10H,2-5,8-9,11H2,1H3,(H,19,21). The highest BCUT2D eigenvalue weighted by atomic mass is 35.5. The predicted molar refractivity (Wildman–Crippen MR) is 88.1 cm³/mol. The molecule has 1 fully saturated rings. The summed E-state index contributed by atoms with van der Waals surface area (Å²) in [5.41, 5.74) is 2.83. The van der Waals surface area contributed by atoms with E-state index in [1.165, 1.54) is 25.7 Å². The first kappa shape index (κ1) is 14.6. The number of halogens is 1. The van der Waals surface area contributed by atoms with Gasteiger partial charge in [0.1, 0.15) is 0 Å². The number of H-pyrrole nitrogens is 1. The summed E-state index contributed by atoms with van der Waals surface area (Å²) >= 11 is 6.03. The van der Waals surface area contributed by atoms with E-state index >= 15 is 0 Å². The van der Waals surface area contributed by atoms with Gasteiger partial charge in [-0.1, -0.05) is 24.4 Å². The maximum Gasteiger partial charge on any atom is 0.194 e. The topological polar surface area (TPSA) is 36.1 Å². The molecule has 0 spiro atoms. The van der Waals surface area contributed by atoms with Crippen LogP contribution in [0.1, 0.15) is 36.9 Å². The van der Waals surface area contributed by atoms with Crippen LogP contribution in [0.4, 0.5) is 0 Å². The van der Waals surface area contributed by atoms with Crippen molar-refractivity contribution in [2.75, 3.05) is 13.1 Å². The van der Waals surface area contributed by atoms with Crippen molar-refractivity contribution >= 4 is 22.5 Å². The van der Waals surface area contributed by atoms with E-state index in [1.54, 1.807) is 6.07 Å². The van der Waals surface area contributed by atoms with Crippen LogP contribution in [0.3, 0.4) is 0 Å². The Morgan fingerprint density at radius 2 is 1.90 bits per heavy atom. The van der Waals surface area contributed by atoms with Gasteiger partial charge in [0.05, 0.1) is 0 Å². The third-order valence-electron chi connectivity index (χ3n) is 4.36. The molecule has 112 valence electrons. The van der Waals surface area contributed by atoms with Gasteiger partial charge >= 0.3 is 0 Å². The number of nitrogens with one attached hydrogen (secondary N) is 1. The smallest absolute Gasteiger partial charge is 0.194 e. The van der Waals surface area contributed by atoms with E-state index < -0.39 is 0 Å². The number of aryl methyl sites for hydroxylation is 1. The number of hydrogen-bond donors (Lipinski definition) is 1. The molecule has 1 saturated heterocycles. The van der Waals surface area contributed by atoms with Gasteiger partial charge in [-0.3, -0.25) is 9.69 Å². The lowest BCUT2D eigenvalue weighted by Gasteiger charge is -2.20. The molecule has 1 aliphatic heterocycles. The van der Waals surface area contributed by atoms with Crippen molar-refractivity contribution in [3.8, 4) is 0 Å². The Hall–Kier alpha value is -1.32. The van der Waals surface area contributed by atoms with Gasteiger partial charge in [-0.2, -0.15) is 0 Å². The second kappa shape index (κ2) is 6.20. The van der Waals surface area contributed by atoms with Gasteiger partial charge in [-0.25, -0.2) is 0 Å². The molecule has 1 aromatic heterocycles. The molecular weight excluding hydrogens is 284 g/mol. The summed E-state index contributed by atoms with van der Waals surface area (Å²) in [6.45, 7) is 4.91. The molecule has 1 aliphatic rings. The Bertz CT molecular complexity index is 700. The molecule has 0 bridgehead atoms. The van der Waals surface area contributed by atoms with Crippen LogP contribution in [-0.4, -0.2) is 23.0 Å². The number of fused-ring (bicyclic) bond motifs is 1. The first-order chi connectivity index (χ1) is 10.1. The van der Waals surface area contributed by atoms with Crippen molar-refractivity contribution in [3.05, 3.63) is 44.7 Å². The molecule has 1 N–H and O–H groups in total. The molecule has 0 amide bonds. The Labute approximate surface area is 129 Å². The molecule has 0 radical (unpaired) electrons. The molecule has 0 aliphatic carbocycles. The molecule has 3 nitrogen and oxygen atoms in total. The van der Waals surface area contributed by atoms with E-state index in [4.69, 9.17) is 11.6 Å². The Morgan fingerprint density at radius 1 is 1.19 bits per heavy atom. The average molecular weight is 305 g/mol. The summed E-state index contributed by atoms with van der Waals surface area (Å²) in [5, 5.41) is 1.30. The van der Waals surface area contributed by atoms with Gasteiger partial charge in [-0.05, 0) is 51.1 Å². The monoisotopic (exact) mass is 304 g/mol. The molecule has 1 aromatic carbocycles. The molecular formula is C17H21ClN2O. The number of likely N-dealkylation sites (tertiary alicyclic amines) is 1. The number of aromatic nitrogens is 1. The number of aromatic amines is 1. The molecule has 0 saturated carbocycles. The lowest BCUT2D eigenvalue weighted by Crippen LogP contribution is -2.28. The Morgan fingerprint density at radius 3 is 2.62 bits per heavy atom. The van der Waals surface area contributed by atoms with Crippen LogP contribution in [0.2, 0.25) is 5.02 Å². The summed E-state index contributed by atoms with van der Waals surface area (Å²) in [4.78, 5) is 18.5. The largest absolute Gasteiger partial charge is 0.358 e. The fourth-order valence-corrected chi connectivity index (χ4v) is 3.30. The van der Waals surface area contributed by atoms with Crippen LogP contribution in [0.25, 0.3) is 10.9 Å². The van der Waals surface area contributed by atoms with E-state index in [-0.39, 0.29) is 5.43 Å². The van der Waals surface area contributed by atoms with Gasteiger partial charge < -0.3 is 4.98 Å². The molecule has 0 unspecified atom stereocenters. The van der Waals surface area contributed by atoms with Crippen LogP contribution < -0.4 is 5.43 Å². The molecule has 2 heterocycles. The minimum absolute atomic E-state index is 0.119. The van der Waals surface area contributed by atoms with Gasteiger partial charge in [0.15, 0.2) is 5.43 Å². The number of pyridine rings is 1. The first-order valence-corrected chi connectivity index (χ1v) is 8.06. The van der Waals surface area contributed by atoms with Gasteiger partial charge in [-0.15, -0.1) is 0 Å². The second-order valence-electron chi connectivity index (χ2n) is 5.94. The van der Waals surface area contributed by atoms with Crippen LogP contribution >= 0.6 is 11.6 Å². The summed E-state index contributed by atoms with van der Waals surface area (Å²) in [7, 11) is 0. The van der Waals surface area contributed by atoms with Gasteiger partial charge in [0, 0.05) is 33.7 Å². The zero-order valence-corrected chi connectivity index (χ0v) is 13.2. The lowest BCUT2D eigenvalue weighted by atomic mass is 10.1. The zero-order valence-electron chi connectivity index (χ0n) is 12.4. The highest BCUT2D eigenvalue weighted by molar-refractivity contribution is 6.31. The number of rotatable bonds is 2. The van der Waals surface area contributed by atoms with Gasteiger partial charge in [0.25, 0.3) is 0 Å². The lowest BCUT2D eigenvalue weighted by molar-refractivity contribution is 0.275. The summed E-state index contributed by atoms with van der Waals surface area (Å²) in [6, 6.07) is 5.45. The average Bonchev–Trinajstić information content (AvgIpc) is 2.73. The van der Waals surface area contributed by atoms with E-state index in [1.807, 2.05) is 19.1 Å². The SMILES string of the molecule is Cc1[nH]c2ccc(Cl)cc2c(=O)c1CN1CCCCCC1. The second-order valence-corrected chi connectivity index (χ2v) is 6.37. The third kappa shape index (κ3) is 3.14. The molecule has 21 heavy (non-hydrogen) atoms. The normalized spacial score (nSPS) is 17.0. The fourth-order valence-electron chi connectivity index (χ4n) is 3.13. The predicted octanol–water partition coefficient (Wildman–Crippen LogP) is 3.87. The zero-order chi connectivity index (χ0) is 14.8. The summed E-state index contributed by atoms with van der Waals surface area (Å²) < 4.78 is 0.